The van der Waals surface area contributed by atoms with Crippen LogP contribution in [0.4, 0.5) is 0 Å². The van der Waals surface area contributed by atoms with Gasteiger partial charge in [-0.15, -0.1) is 11.3 Å². The quantitative estimate of drug-likeness (QED) is 0.367. The van der Waals surface area contributed by atoms with Crippen LogP contribution >= 0.6 is 23.1 Å². The Morgan fingerprint density at radius 2 is 2.23 bits per heavy atom. The number of nitrogens with zero attached hydrogens (tertiary/aromatic N) is 5. The third-order valence-electron chi connectivity index (χ3n) is 4.29. The second-order valence-electron chi connectivity index (χ2n) is 6.08. The van der Waals surface area contributed by atoms with Gasteiger partial charge in [-0.05, 0) is 18.6 Å². The van der Waals surface area contributed by atoms with Crippen molar-refractivity contribution in [2.45, 2.75) is 24.4 Å². The average Bonchev–Trinajstić information content (AvgIpc) is 3.36. The molecule has 0 aliphatic carbocycles. The molecule has 3 aromatic heterocycles. The Morgan fingerprint density at radius 3 is 3.04 bits per heavy atom. The Kier molecular flexibility index (Phi) is 4.73. The number of hydrogen-bond donors (Lipinski definition) is 0. The lowest BCUT2D eigenvalue weighted by Gasteiger charge is -2.13. The van der Waals surface area contributed by atoms with Gasteiger partial charge in [0.1, 0.15) is 11.4 Å². The van der Waals surface area contributed by atoms with Gasteiger partial charge >= 0.3 is 0 Å². The highest BCUT2D eigenvalue weighted by atomic mass is 32.2. The highest BCUT2D eigenvalue weighted by Crippen LogP contribution is 2.27. The average molecular weight is 387 g/mol. The number of rotatable bonds is 6. The summed E-state index contributed by atoms with van der Waals surface area (Å²) < 4.78 is 1.69. The van der Waals surface area contributed by atoms with Crippen LogP contribution in [0, 0.1) is 0 Å². The van der Waals surface area contributed by atoms with Crippen LogP contribution in [0.5, 0.6) is 0 Å². The second-order valence-corrected chi connectivity index (χ2v) is 8.21. The van der Waals surface area contributed by atoms with Crippen molar-refractivity contribution in [2.75, 3.05) is 12.3 Å². The number of aryl methyl sites for hydroxylation is 1. The number of ketones is 1. The van der Waals surface area contributed by atoms with Crippen molar-refractivity contribution < 1.29 is 9.59 Å². The van der Waals surface area contributed by atoms with E-state index in [0.717, 1.165) is 38.8 Å². The minimum Gasteiger partial charge on any atom is -0.338 e. The van der Waals surface area contributed by atoms with Crippen LogP contribution in [0.15, 0.2) is 29.7 Å². The Balaban J connectivity index is 1.41. The highest BCUT2D eigenvalue weighted by Gasteiger charge is 2.21. The van der Waals surface area contributed by atoms with Crippen molar-refractivity contribution in [1.82, 2.24) is 24.6 Å². The SMILES string of the molecule is Cn1ncc2c(SCC(=O)c3ccc(CN4CCCC4=O)s3)ncnc21. The third kappa shape index (κ3) is 3.36. The summed E-state index contributed by atoms with van der Waals surface area (Å²) in [5.74, 6) is 0.574. The zero-order chi connectivity index (χ0) is 18.1. The van der Waals surface area contributed by atoms with E-state index >= 15 is 0 Å². The topological polar surface area (TPSA) is 81.0 Å². The van der Waals surface area contributed by atoms with Crippen molar-refractivity contribution in [3.63, 3.8) is 0 Å². The molecule has 1 amide bonds. The Bertz CT molecular complexity index is 981. The van der Waals surface area contributed by atoms with Crippen molar-refractivity contribution in [2.24, 2.45) is 7.05 Å². The molecule has 1 fully saturated rings. The number of likely N-dealkylation sites (tertiary alicyclic amines) is 1. The van der Waals surface area contributed by atoms with Gasteiger partial charge in [-0.3, -0.25) is 14.3 Å². The second kappa shape index (κ2) is 7.16. The molecular weight excluding hydrogens is 370 g/mol. The zero-order valence-electron chi connectivity index (χ0n) is 14.2. The summed E-state index contributed by atoms with van der Waals surface area (Å²) in [5.41, 5.74) is 0.753. The molecule has 4 heterocycles. The van der Waals surface area contributed by atoms with E-state index in [4.69, 9.17) is 0 Å². The number of thiophene rings is 1. The maximum atomic E-state index is 12.5. The number of hydrogen-bond acceptors (Lipinski definition) is 7. The number of carbonyl (C=O) groups excluding carboxylic acids is 2. The van der Waals surface area contributed by atoms with Gasteiger partial charge in [0.2, 0.25) is 5.91 Å². The van der Waals surface area contributed by atoms with E-state index in [1.807, 2.05) is 24.1 Å². The molecule has 1 aliphatic heterocycles. The monoisotopic (exact) mass is 387 g/mol. The van der Waals surface area contributed by atoms with Crippen LogP contribution < -0.4 is 0 Å². The molecule has 0 bridgehead atoms. The minimum absolute atomic E-state index is 0.0645. The molecule has 0 spiro atoms. The van der Waals surface area contributed by atoms with E-state index in [1.54, 1.807) is 10.9 Å². The van der Waals surface area contributed by atoms with E-state index < -0.39 is 0 Å². The van der Waals surface area contributed by atoms with Crippen LogP contribution in [0.2, 0.25) is 0 Å². The van der Waals surface area contributed by atoms with Gasteiger partial charge in [0.25, 0.3) is 0 Å². The summed E-state index contributed by atoms with van der Waals surface area (Å²) in [6, 6.07) is 3.79. The lowest BCUT2D eigenvalue weighted by atomic mass is 10.3. The van der Waals surface area contributed by atoms with E-state index in [9.17, 15) is 9.59 Å². The predicted molar refractivity (Wildman–Crippen MR) is 100 cm³/mol. The van der Waals surface area contributed by atoms with Gasteiger partial charge in [0.15, 0.2) is 11.4 Å². The standard InChI is InChI=1S/C17H17N5O2S2/c1-21-16-12(7-20-21)17(19-10-18-16)25-9-13(23)14-5-4-11(26-14)8-22-6-2-3-15(22)24/h4-5,7,10H,2-3,6,8-9H2,1H3. The molecule has 134 valence electrons. The lowest BCUT2D eigenvalue weighted by Crippen LogP contribution is -2.23. The fourth-order valence-corrected chi connectivity index (χ4v) is 4.83. The van der Waals surface area contributed by atoms with Crippen LogP contribution in [-0.2, 0) is 18.4 Å². The van der Waals surface area contributed by atoms with E-state index in [-0.39, 0.29) is 11.7 Å². The fourth-order valence-electron chi connectivity index (χ4n) is 2.93. The molecule has 0 N–H and O–H groups in total. The zero-order valence-corrected chi connectivity index (χ0v) is 15.8. The summed E-state index contributed by atoms with van der Waals surface area (Å²) in [6.07, 6.45) is 4.77. The molecule has 1 aliphatic rings. The number of thioether (sulfide) groups is 1. The summed E-state index contributed by atoms with van der Waals surface area (Å²) in [7, 11) is 1.83. The summed E-state index contributed by atoms with van der Waals surface area (Å²) in [6.45, 7) is 1.41. The number of amides is 1. The van der Waals surface area contributed by atoms with Gasteiger partial charge in [-0.2, -0.15) is 5.10 Å². The third-order valence-corrected chi connectivity index (χ3v) is 6.40. The first-order chi connectivity index (χ1) is 12.6. The first kappa shape index (κ1) is 17.2. The van der Waals surface area contributed by atoms with Crippen molar-refractivity contribution in [3.05, 3.63) is 34.4 Å². The summed E-state index contributed by atoms with van der Waals surface area (Å²) >= 11 is 2.86. The molecule has 0 saturated carbocycles. The molecule has 26 heavy (non-hydrogen) atoms. The van der Waals surface area contributed by atoms with Crippen molar-refractivity contribution in [1.29, 1.82) is 0 Å². The van der Waals surface area contributed by atoms with Gasteiger partial charge < -0.3 is 4.90 Å². The number of fused-ring (bicyclic) bond motifs is 1. The van der Waals surface area contributed by atoms with Crippen LogP contribution in [0.3, 0.4) is 0 Å². The molecule has 7 nitrogen and oxygen atoms in total. The molecular formula is C17H17N5O2S2. The molecule has 0 aromatic carbocycles. The Hall–Kier alpha value is -2.26. The minimum atomic E-state index is 0.0645. The normalized spacial score (nSPS) is 14.5. The molecule has 0 unspecified atom stereocenters. The molecule has 3 aromatic rings. The first-order valence-electron chi connectivity index (χ1n) is 8.27. The first-order valence-corrected chi connectivity index (χ1v) is 10.1. The number of carbonyl (C=O) groups is 2. The van der Waals surface area contributed by atoms with Gasteiger partial charge in [0, 0.05) is 24.9 Å². The summed E-state index contributed by atoms with van der Waals surface area (Å²) in [4.78, 5) is 36.3. The van der Waals surface area contributed by atoms with Gasteiger partial charge in [0.05, 0.1) is 28.8 Å². The molecule has 0 radical (unpaired) electrons. The molecule has 0 atom stereocenters. The van der Waals surface area contributed by atoms with E-state index in [2.05, 4.69) is 15.1 Å². The number of aromatic nitrogens is 4. The van der Waals surface area contributed by atoms with Crippen LogP contribution in [-0.4, -0.2) is 48.6 Å². The number of Topliss-reactive ketones (excluding diaryl/α,β-unsaturated/α-hetero) is 1. The van der Waals surface area contributed by atoms with E-state index in [1.165, 1.54) is 29.4 Å². The van der Waals surface area contributed by atoms with Crippen LogP contribution in [0.25, 0.3) is 11.0 Å². The molecule has 4 rings (SSSR count). The maximum Gasteiger partial charge on any atom is 0.222 e. The lowest BCUT2D eigenvalue weighted by molar-refractivity contribution is -0.128. The largest absolute Gasteiger partial charge is 0.338 e. The fraction of sp³-hybridized carbons (Fsp3) is 0.353. The van der Waals surface area contributed by atoms with Gasteiger partial charge in [-0.25, -0.2) is 9.97 Å². The van der Waals surface area contributed by atoms with Crippen LogP contribution in [0.1, 0.15) is 27.4 Å². The Labute approximate surface area is 158 Å². The molecule has 9 heteroatoms. The highest BCUT2D eigenvalue weighted by molar-refractivity contribution is 8.00. The smallest absolute Gasteiger partial charge is 0.222 e. The van der Waals surface area contributed by atoms with E-state index in [0.29, 0.717) is 18.7 Å². The van der Waals surface area contributed by atoms with Crippen molar-refractivity contribution in [3.8, 4) is 0 Å². The van der Waals surface area contributed by atoms with Crippen molar-refractivity contribution >= 4 is 45.8 Å². The molecule has 1 saturated heterocycles. The summed E-state index contributed by atoms with van der Waals surface area (Å²) in [5, 5.41) is 5.80. The van der Waals surface area contributed by atoms with Gasteiger partial charge in [-0.1, -0.05) is 11.8 Å². The Morgan fingerprint density at radius 1 is 1.35 bits per heavy atom. The predicted octanol–water partition coefficient (Wildman–Crippen LogP) is 2.52. The maximum absolute atomic E-state index is 12.5.